The highest BCUT2D eigenvalue weighted by atomic mass is 35.5. The van der Waals surface area contributed by atoms with Crippen LogP contribution in [0.2, 0.25) is 10.0 Å². The molecule has 108 valence electrons. The number of rotatable bonds is 5. The second-order valence-electron chi connectivity index (χ2n) is 4.99. The van der Waals surface area contributed by atoms with Crippen LogP contribution in [0, 0.1) is 12.8 Å². The van der Waals surface area contributed by atoms with Crippen molar-refractivity contribution in [1.82, 2.24) is 9.78 Å². The zero-order valence-corrected chi connectivity index (χ0v) is 13.8. The van der Waals surface area contributed by atoms with Gasteiger partial charge in [0, 0.05) is 18.0 Å². The summed E-state index contributed by atoms with van der Waals surface area (Å²) in [4.78, 5) is 0. The average Bonchev–Trinajstić information content (AvgIpc) is 2.66. The first-order chi connectivity index (χ1) is 9.52. The molecule has 0 spiro atoms. The van der Waals surface area contributed by atoms with E-state index in [-0.39, 0.29) is 5.92 Å². The highest BCUT2D eigenvalue weighted by molar-refractivity contribution is 6.32. The van der Waals surface area contributed by atoms with Crippen LogP contribution in [0.5, 0.6) is 0 Å². The Labute approximate surface area is 134 Å². The minimum atomic E-state index is 0.281. The van der Waals surface area contributed by atoms with Gasteiger partial charge in [-0.25, -0.2) is 0 Å². The molecule has 1 unspecified atom stereocenters. The zero-order valence-electron chi connectivity index (χ0n) is 11.5. The Morgan fingerprint density at radius 3 is 2.45 bits per heavy atom. The van der Waals surface area contributed by atoms with Crippen molar-refractivity contribution in [2.45, 2.75) is 19.8 Å². The van der Waals surface area contributed by atoms with E-state index in [1.165, 1.54) is 0 Å². The number of hydrogen-bond donors (Lipinski definition) is 0. The zero-order chi connectivity index (χ0) is 14.7. The molecular formula is C15H17Cl3N2. The van der Waals surface area contributed by atoms with Gasteiger partial charge in [-0.2, -0.15) is 5.10 Å². The second-order valence-corrected chi connectivity index (χ2v) is 6.08. The molecule has 0 saturated heterocycles. The Morgan fingerprint density at radius 1 is 1.20 bits per heavy atom. The molecule has 1 atom stereocenters. The van der Waals surface area contributed by atoms with Crippen LogP contribution in [-0.4, -0.2) is 15.7 Å². The Kier molecular flexibility index (Phi) is 5.36. The average molecular weight is 332 g/mol. The summed E-state index contributed by atoms with van der Waals surface area (Å²) in [6, 6.07) is 7.87. The maximum absolute atomic E-state index is 6.30. The Morgan fingerprint density at radius 2 is 1.90 bits per heavy atom. The van der Waals surface area contributed by atoms with Crippen LogP contribution in [-0.2, 0) is 19.9 Å². The van der Waals surface area contributed by atoms with Crippen LogP contribution in [0.15, 0.2) is 24.3 Å². The number of aryl methyl sites for hydroxylation is 2. The molecule has 0 fully saturated rings. The Hall–Kier alpha value is -0.700. The van der Waals surface area contributed by atoms with Crippen molar-refractivity contribution in [2.24, 2.45) is 13.0 Å². The first-order valence-electron chi connectivity index (χ1n) is 6.50. The first-order valence-corrected chi connectivity index (χ1v) is 7.79. The summed E-state index contributed by atoms with van der Waals surface area (Å²) in [7, 11) is 1.91. The van der Waals surface area contributed by atoms with Gasteiger partial charge < -0.3 is 0 Å². The Balaban J connectivity index is 2.15. The molecule has 20 heavy (non-hydrogen) atoms. The van der Waals surface area contributed by atoms with Crippen LogP contribution in [0.25, 0.3) is 0 Å². The molecule has 2 nitrogen and oxygen atoms in total. The molecular weight excluding hydrogens is 315 g/mol. The lowest BCUT2D eigenvalue weighted by Gasteiger charge is -2.15. The molecule has 0 aliphatic rings. The highest BCUT2D eigenvalue weighted by Gasteiger charge is 2.17. The van der Waals surface area contributed by atoms with Gasteiger partial charge in [0.2, 0.25) is 0 Å². The standard InChI is InChI=1S/C15H17Cl3N2/c1-10-15(18)14(20(2)19-10)8-11(9-16)7-12-5-3-4-6-13(12)17/h3-6,11H,7-9H2,1-2H3. The summed E-state index contributed by atoms with van der Waals surface area (Å²) in [5.74, 6) is 0.843. The van der Waals surface area contributed by atoms with Gasteiger partial charge in [0.15, 0.2) is 0 Å². The molecule has 1 aromatic carbocycles. The maximum atomic E-state index is 6.30. The van der Waals surface area contributed by atoms with Crippen LogP contribution in [0.3, 0.4) is 0 Å². The monoisotopic (exact) mass is 330 g/mol. The van der Waals surface area contributed by atoms with E-state index in [1.54, 1.807) is 0 Å². The smallest absolute Gasteiger partial charge is 0.0847 e. The van der Waals surface area contributed by atoms with Gasteiger partial charge in [0.25, 0.3) is 0 Å². The molecule has 1 heterocycles. The normalized spacial score (nSPS) is 12.7. The number of alkyl halides is 1. The van der Waals surface area contributed by atoms with Gasteiger partial charge in [-0.05, 0) is 37.3 Å². The lowest BCUT2D eigenvalue weighted by atomic mass is 9.96. The van der Waals surface area contributed by atoms with E-state index in [4.69, 9.17) is 34.8 Å². The van der Waals surface area contributed by atoms with E-state index in [0.717, 1.165) is 39.8 Å². The van der Waals surface area contributed by atoms with Crippen molar-refractivity contribution >= 4 is 34.8 Å². The number of halogens is 3. The first kappa shape index (κ1) is 15.7. The van der Waals surface area contributed by atoms with Gasteiger partial charge in [-0.1, -0.05) is 41.4 Å². The third-order valence-corrected chi connectivity index (χ3v) is 4.73. The minimum Gasteiger partial charge on any atom is -0.271 e. The van der Waals surface area contributed by atoms with Crippen molar-refractivity contribution in [2.75, 3.05) is 5.88 Å². The minimum absolute atomic E-state index is 0.281. The molecule has 0 aliphatic heterocycles. The molecule has 0 radical (unpaired) electrons. The van der Waals surface area contributed by atoms with E-state index in [1.807, 2.05) is 42.9 Å². The van der Waals surface area contributed by atoms with Gasteiger partial charge in [0.05, 0.1) is 16.4 Å². The molecule has 0 bridgehead atoms. The number of benzene rings is 1. The summed E-state index contributed by atoms with van der Waals surface area (Å²) >= 11 is 18.6. The van der Waals surface area contributed by atoms with E-state index in [9.17, 15) is 0 Å². The molecule has 1 aromatic heterocycles. The third-order valence-electron chi connectivity index (χ3n) is 3.43. The molecule has 0 amide bonds. The molecule has 5 heteroatoms. The van der Waals surface area contributed by atoms with Crippen molar-refractivity contribution in [1.29, 1.82) is 0 Å². The van der Waals surface area contributed by atoms with E-state index >= 15 is 0 Å². The number of nitrogens with zero attached hydrogens (tertiary/aromatic N) is 2. The molecule has 0 aliphatic carbocycles. The largest absolute Gasteiger partial charge is 0.271 e. The lowest BCUT2D eigenvalue weighted by molar-refractivity contribution is 0.551. The summed E-state index contributed by atoms with van der Waals surface area (Å²) < 4.78 is 1.84. The van der Waals surface area contributed by atoms with Crippen LogP contribution in [0.1, 0.15) is 17.0 Å². The quantitative estimate of drug-likeness (QED) is 0.728. The predicted octanol–water partition coefficient (Wildman–Crippen LogP) is 4.68. The maximum Gasteiger partial charge on any atom is 0.0847 e. The van der Waals surface area contributed by atoms with Gasteiger partial charge in [0.1, 0.15) is 0 Å². The predicted molar refractivity (Wildman–Crippen MR) is 86.0 cm³/mol. The van der Waals surface area contributed by atoms with Gasteiger partial charge >= 0.3 is 0 Å². The molecule has 2 aromatic rings. The second kappa shape index (κ2) is 6.84. The third kappa shape index (κ3) is 3.49. The molecule has 0 N–H and O–H groups in total. The van der Waals surface area contributed by atoms with Crippen molar-refractivity contribution in [3.05, 3.63) is 51.3 Å². The topological polar surface area (TPSA) is 17.8 Å². The van der Waals surface area contributed by atoms with Crippen LogP contribution < -0.4 is 0 Å². The van der Waals surface area contributed by atoms with E-state index in [2.05, 4.69) is 5.10 Å². The summed E-state index contributed by atoms with van der Waals surface area (Å²) in [5, 5.41) is 5.86. The van der Waals surface area contributed by atoms with Gasteiger partial charge in [-0.3, -0.25) is 4.68 Å². The van der Waals surface area contributed by atoms with E-state index < -0.39 is 0 Å². The number of aromatic nitrogens is 2. The molecule has 2 rings (SSSR count). The summed E-state index contributed by atoms with van der Waals surface area (Å²) in [5.41, 5.74) is 3.01. The van der Waals surface area contributed by atoms with Crippen molar-refractivity contribution in [3.8, 4) is 0 Å². The van der Waals surface area contributed by atoms with Gasteiger partial charge in [-0.15, -0.1) is 11.6 Å². The fourth-order valence-corrected chi connectivity index (χ4v) is 3.00. The van der Waals surface area contributed by atoms with Crippen molar-refractivity contribution in [3.63, 3.8) is 0 Å². The van der Waals surface area contributed by atoms with E-state index in [0.29, 0.717) is 5.88 Å². The number of hydrogen-bond acceptors (Lipinski definition) is 1. The highest BCUT2D eigenvalue weighted by Crippen LogP contribution is 2.26. The van der Waals surface area contributed by atoms with Crippen molar-refractivity contribution < 1.29 is 0 Å². The SMILES string of the molecule is Cc1nn(C)c(CC(CCl)Cc2ccccc2Cl)c1Cl. The van der Waals surface area contributed by atoms with Crippen LogP contribution in [0.4, 0.5) is 0 Å². The summed E-state index contributed by atoms with van der Waals surface area (Å²) in [6.07, 6.45) is 1.63. The Bertz CT molecular complexity index is 593. The summed E-state index contributed by atoms with van der Waals surface area (Å²) in [6.45, 7) is 1.91. The lowest BCUT2D eigenvalue weighted by Crippen LogP contribution is -2.13. The fraction of sp³-hybridized carbons (Fsp3) is 0.400. The fourth-order valence-electron chi connectivity index (χ4n) is 2.33. The molecule has 0 saturated carbocycles. The van der Waals surface area contributed by atoms with Crippen LogP contribution >= 0.6 is 34.8 Å².